The third-order valence-electron chi connectivity index (χ3n) is 3.55. The molecular weight excluding hydrogens is 204 g/mol. The topological polar surface area (TPSA) is 47.3 Å². The monoisotopic (exact) mass is 224 g/mol. The first-order valence-electron chi connectivity index (χ1n) is 5.87. The molecule has 1 fully saturated rings. The molecule has 2 rings (SSSR count). The maximum atomic E-state index is 5.68. The van der Waals surface area contributed by atoms with Gasteiger partial charge in [0.2, 0.25) is 0 Å². The number of ether oxygens (including phenoxy) is 1. The van der Waals surface area contributed by atoms with E-state index in [1.54, 1.807) is 6.20 Å². The molecule has 1 aliphatic carbocycles. The third-order valence-corrected chi connectivity index (χ3v) is 3.55. The zero-order valence-corrected chi connectivity index (χ0v) is 10.2. The lowest BCUT2D eigenvalue weighted by Crippen LogP contribution is -2.60. The number of oxazole rings is 1. The lowest BCUT2D eigenvalue weighted by Gasteiger charge is -2.51. The fourth-order valence-corrected chi connectivity index (χ4v) is 2.27. The van der Waals surface area contributed by atoms with Crippen molar-refractivity contribution in [1.82, 2.24) is 10.3 Å². The van der Waals surface area contributed by atoms with E-state index in [1.807, 2.05) is 6.92 Å². The van der Waals surface area contributed by atoms with Crippen molar-refractivity contribution in [3.8, 4) is 0 Å². The van der Waals surface area contributed by atoms with E-state index < -0.39 is 0 Å². The SMILES string of the molecule is CCOC1CC(NCc2cnco2)C1(C)C. The summed E-state index contributed by atoms with van der Waals surface area (Å²) < 4.78 is 10.9. The van der Waals surface area contributed by atoms with Crippen LogP contribution in [0.2, 0.25) is 0 Å². The van der Waals surface area contributed by atoms with E-state index in [-0.39, 0.29) is 5.41 Å². The van der Waals surface area contributed by atoms with E-state index in [0.29, 0.717) is 12.1 Å². The predicted molar refractivity (Wildman–Crippen MR) is 60.9 cm³/mol. The van der Waals surface area contributed by atoms with E-state index in [1.165, 1.54) is 6.39 Å². The van der Waals surface area contributed by atoms with Crippen molar-refractivity contribution >= 4 is 0 Å². The molecule has 4 nitrogen and oxygen atoms in total. The molecule has 1 aromatic heterocycles. The van der Waals surface area contributed by atoms with Crippen molar-refractivity contribution in [2.45, 2.75) is 45.9 Å². The summed E-state index contributed by atoms with van der Waals surface area (Å²) in [5.41, 5.74) is 0.204. The van der Waals surface area contributed by atoms with Crippen LogP contribution in [0.1, 0.15) is 33.0 Å². The summed E-state index contributed by atoms with van der Waals surface area (Å²) in [5.74, 6) is 0.885. The van der Waals surface area contributed by atoms with Crippen molar-refractivity contribution in [2.24, 2.45) is 5.41 Å². The van der Waals surface area contributed by atoms with Crippen molar-refractivity contribution < 1.29 is 9.15 Å². The summed E-state index contributed by atoms with van der Waals surface area (Å²) in [6.07, 6.45) is 4.67. The highest BCUT2D eigenvalue weighted by Crippen LogP contribution is 2.42. The van der Waals surface area contributed by atoms with Crippen LogP contribution in [0.3, 0.4) is 0 Å². The fraction of sp³-hybridized carbons (Fsp3) is 0.750. The summed E-state index contributed by atoms with van der Waals surface area (Å²) in [4.78, 5) is 3.89. The maximum Gasteiger partial charge on any atom is 0.180 e. The van der Waals surface area contributed by atoms with E-state index in [0.717, 1.165) is 25.3 Å². The van der Waals surface area contributed by atoms with Gasteiger partial charge in [-0.15, -0.1) is 0 Å². The Balaban J connectivity index is 1.80. The molecule has 2 unspecified atom stereocenters. The number of hydrogen-bond acceptors (Lipinski definition) is 4. The standard InChI is InChI=1S/C12H20N2O2/c1-4-15-11-5-10(12(11,2)3)14-7-9-6-13-8-16-9/h6,8,10-11,14H,4-5,7H2,1-3H3. The molecule has 0 radical (unpaired) electrons. The van der Waals surface area contributed by atoms with Crippen molar-refractivity contribution in [3.63, 3.8) is 0 Å². The molecule has 0 spiro atoms. The molecule has 2 atom stereocenters. The van der Waals surface area contributed by atoms with Crippen LogP contribution >= 0.6 is 0 Å². The first-order valence-corrected chi connectivity index (χ1v) is 5.87. The van der Waals surface area contributed by atoms with E-state index >= 15 is 0 Å². The van der Waals surface area contributed by atoms with Gasteiger partial charge in [-0.05, 0) is 13.3 Å². The molecule has 0 amide bonds. The lowest BCUT2D eigenvalue weighted by molar-refractivity contribution is -0.114. The molecule has 0 aromatic carbocycles. The Bertz CT molecular complexity index is 322. The minimum atomic E-state index is 0.204. The quantitative estimate of drug-likeness (QED) is 0.830. The minimum Gasteiger partial charge on any atom is -0.447 e. The Morgan fingerprint density at radius 2 is 2.44 bits per heavy atom. The van der Waals surface area contributed by atoms with Gasteiger partial charge >= 0.3 is 0 Å². The third kappa shape index (κ3) is 2.13. The van der Waals surface area contributed by atoms with Crippen LogP contribution in [0.25, 0.3) is 0 Å². The minimum absolute atomic E-state index is 0.204. The first kappa shape index (κ1) is 11.6. The highest BCUT2D eigenvalue weighted by Gasteiger charge is 2.48. The molecule has 1 saturated carbocycles. The van der Waals surface area contributed by atoms with Crippen molar-refractivity contribution in [1.29, 1.82) is 0 Å². The molecule has 0 saturated heterocycles. The van der Waals surface area contributed by atoms with Gasteiger partial charge in [-0.2, -0.15) is 0 Å². The molecule has 1 aliphatic rings. The van der Waals surface area contributed by atoms with Gasteiger partial charge in [0, 0.05) is 18.1 Å². The Kier molecular flexibility index (Phi) is 3.30. The average Bonchev–Trinajstić information content (AvgIpc) is 2.75. The number of hydrogen-bond donors (Lipinski definition) is 1. The summed E-state index contributed by atoms with van der Waals surface area (Å²) in [7, 11) is 0. The van der Waals surface area contributed by atoms with E-state index in [2.05, 4.69) is 24.1 Å². The van der Waals surface area contributed by atoms with Gasteiger partial charge in [0.05, 0.1) is 18.8 Å². The Labute approximate surface area is 96.4 Å². The molecule has 0 aliphatic heterocycles. The largest absolute Gasteiger partial charge is 0.447 e. The zero-order chi connectivity index (χ0) is 11.6. The molecule has 4 heteroatoms. The van der Waals surface area contributed by atoms with Crippen LogP contribution in [0.4, 0.5) is 0 Å². The fourth-order valence-electron chi connectivity index (χ4n) is 2.27. The molecule has 1 N–H and O–H groups in total. The number of nitrogens with zero attached hydrogens (tertiary/aromatic N) is 1. The lowest BCUT2D eigenvalue weighted by atomic mass is 9.64. The summed E-state index contributed by atoms with van der Waals surface area (Å²) in [6.45, 7) is 8.07. The highest BCUT2D eigenvalue weighted by molar-refractivity contribution is 5.03. The highest BCUT2D eigenvalue weighted by atomic mass is 16.5. The van der Waals surface area contributed by atoms with Gasteiger partial charge < -0.3 is 14.5 Å². The number of aromatic nitrogens is 1. The summed E-state index contributed by atoms with van der Waals surface area (Å²) in [5, 5.41) is 3.49. The maximum absolute atomic E-state index is 5.68. The van der Waals surface area contributed by atoms with Gasteiger partial charge in [-0.3, -0.25) is 0 Å². The molecule has 1 heterocycles. The predicted octanol–water partition coefficient (Wildman–Crippen LogP) is 1.97. The molecule has 1 aromatic rings. The summed E-state index contributed by atoms with van der Waals surface area (Å²) in [6, 6.07) is 0.495. The second kappa shape index (κ2) is 4.55. The van der Waals surface area contributed by atoms with Crippen LogP contribution in [0, 0.1) is 5.41 Å². The van der Waals surface area contributed by atoms with E-state index in [4.69, 9.17) is 9.15 Å². The van der Waals surface area contributed by atoms with Gasteiger partial charge in [0.1, 0.15) is 5.76 Å². The molecule has 16 heavy (non-hydrogen) atoms. The number of rotatable bonds is 5. The van der Waals surface area contributed by atoms with E-state index in [9.17, 15) is 0 Å². The zero-order valence-electron chi connectivity index (χ0n) is 10.2. The van der Waals surface area contributed by atoms with Crippen molar-refractivity contribution in [2.75, 3.05) is 6.61 Å². The van der Waals surface area contributed by atoms with Crippen LogP contribution < -0.4 is 5.32 Å². The molecule has 90 valence electrons. The Hall–Kier alpha value is -0.870. The normalized spacial score (nSPS) is 27.7. The van der Waals surface area contributed by atoms with Crippen LogP contribution in [0.5, 0.6) is 0 Å². The van der Waals surface area contributed by atoms with Gasteiger partial charge in [0.15, 0.2) is 6.39 Å². The van der Waals surface area contributed by atoms with Gasteiger partial charge in [0.25, 0.3) is 0 Å². The van der Waals surface area contributed by atoms with Gasteiger partial charge in [-0.1, -0.05) is 13.8 Å². The summed E-state index contributed by atoms with van der Waals surface area (Å²) >= 11 is 0. The van der Waals surface area contributed by atoms with Gasteiger partial charge in [-0.25, -0.2) is 4.98 Å². The molecular formula is C12H20N2O2. The Morgan fingerprint density at radius 3 is 3.00 bits per heavy atom. The second-order valence-corrected chi connectivity index (χ2v) is 4.90. The smallest absolute Gasteiger partial charge is 0.180 e. The average molecular weight is 224 g/mol. The van der Waals surface area contributed by atoms with Crippen LogP contribution in [0.15, 0.2) is 17.0 Å². The Morgan fingerprint density at radius 1 is 1.62 bits per heavy atom. The van der Waals surface area contributed by atoms with Crippen molar-refractivity contribution in [3.05, 3.63) is 18.4 Å². The molecule has 0 bridgehead atoms. The second-order valence-electron chi connectivity index (χ2n) is 4.90. The first-order chi connectivity index (χ1) is 7.64. The van der Waals surface area contributed by atoms with Crippen LogP contribution in [-0.2, 0) is 11.3 Å². The number of nitrogens with one attached hydrogen (secondary N) is 1. The van der Waals surface area contributed by atoms with Crippen LogP contribution in [-0.4, -0.2) is 23.7 Å².